The quantitative estimate of drug-likeness (QED) is 0.294. The molecule has 0 rings (SSSR count). The third kappa shape index (κ3) is 11.9. The summed E-state index contributed by atoms with van der Waals surface area (Å²) >= 11 is 0. The number of quaternary nitrogens is 1. The van der Waals surface area contributed by atoms with Gasteiger partial charge in [0, 0.05) is 6.54 Å². The van der Waals surface area contributed by atoms with Crippen molar-refractivity contribution in [2.75, 3.05) is 40.8 Å². The Bertz CT molecular complexity index is 354. The minimum Gasteiger partial charge on any atom is -0.394 e. The maximum absolute atomic E-state index is 10.4. The Morgan fingerprint density at radius 2 is 1.68 bits per heavy atom. The molecule has 0 aromatic rings. The Morgan fingerprint density at radius 3 is 2.08 bits per heavy atom. The highest BCUT2D eigenvalue weighted by Crippen LogP contribution is 2.19. The first-order chi connectivity index (χ1) is 11.3. The van der Waals surface area contributed by atoms with Gasteiger partial charge in [-0.1, -0.05) is 6.92 Å². The molecule has 0 aromatic carbocycles. The van der Waals surface area contributed by atoms with E-state index in [1.807, 2.05) is 48.8 Å². The predicted molar refractivity (Wildman–Crippen MR) is 99.3 cm³/mol. The van der Waals surface area contributed by atoms with E-state index in [1.165, 1.54) is 0 Å². The molecule has 7 heteroatoms. The van der Waals surface area contributed by atoms with E-state index in [9.17, 15) is 15.3 Å². The lowest BCUT2D eigenvalue weighted by Gasteiger charge is -2.37. The van der Waals surface area contributed by atoms with Crippen LogP contribution in [-0.4, -0.2) is 96.9 Å². The van der Waals surface area contributed by atoms with Crippen LogP contribution in [0, 0.1) is 0 Å². The molecular weight excluding hydrogens is 324 g/mol. The van der Waals surface area contributed by atoms with Gasteiger partial charge in [-0.15, -0.1) is 0 Å². The molecule has 5 atom stereocenters. The van der Waals surface area contributed by atoms with Crippen molar-refractivity contribution in [2.45, 2.75) is 77.3 Å². The van der Waals surface area contributed by atoms with Crippen molar-refractivity contribution in [3.05, 3.63) is 0 Å². The Morgan fingerprint density at radius 1 is 1.12 bits per heavy atom. The zero-order valence-electron chi connectivity index (χ0n) is 17.3. The number of hydrogen-bond donors (Lipinski definition) is 4. The number of nitrogens with one attached hydrogen (secondary N) is 1. The molecule has 4 N–H and O–H groups in total. The SMILES string of the molecule is CCC(O)C(NCC(O)C[N+](C)(C)C)C(OC(C)CO)OC(C)(C)C. The van der Waals surface area contributed by atoms with E-state index in [-0.39, 0.29) is 6.61 Å². The van der Waals surface area contributed by atoms with Crippen molar-refractivity contribution in [3.63, 3.8) is 0 Å². The number of rotatable bonds is 12. The standard InChI is InChI=1S/C18H41N2O5/c1-9-15(23)16(19-10-14(22)11-20(6,7)8)17(24-13(2)12-21)25-18(3,4)5/h13-17,19,21-23H,9-12H2,1-8H3/q+1. The lowest BCUT2D eigenvalue weighted by atomic mass is 10.1. The van der Waals surface area contributed by atoms with Crippen LogP contribution >= 0.6 is 0 Å². The van der Waals surface area contributed by atoms with Gasteiger partial charge in [0.05, 0.1) is 51.6 Å². The number of ether oxygens (including phenoxy) is 2. The van der Waals surface area contributed by atoms with Crippen molar-refractivity contribution < 1.29 is 29.3 Å². The molecule has 0 fully saturated rings. The monoisotopic (exact) mass is 365 g/mol. The van der Waals surface area contributed by atoms with Gasteiger partial charge in [0.1, 0.15) is 12.6 Å². The van der Waals surface area contributed by atoms with E-state index in [1.54, 1.807) is 6.92 Å². The molecule has 5 unspecified atom stereocenters. The van der Waals surface area contributed by atoms with Gasteiger partial charge < -0.3 is 34.6 Å². The fourth-order valence-corrected chi connectivity index (χ4v) is 2.44. The van der Waals surface area contributed by atoms with E-state index in [2.05, 4.69) is 5.32 Å². The summed E-state index contributed by atoms with van der Waals surface area (Å²) in [6.07, 6.45) is -1.90. The van der Waals surface area contributed by atoms with E-state index < -0.39 is 36.2 Å². The summed E-state index contributed by atoms with van der Waals surface area (Å²) in [5.74, 6) is 0. The number of hydrogen-bond acceptors (Lipinski definition) is 6. The third-order valence-corrected chi connectivity index (χ3v) is 3.57. The van der Waals surface area contributed by atoms with Crippen LogP contribution in [-0.2, 0) is 9.47 Å². The number of aliphatic hydroxyl groups excluding tert-OH is 3. The molecule has 0 bridgehead atoms. The van der Waals surface area contributed by atoms with E-state index in [0.717, 1.165) is 0 Å². The summed E-state index contributed by atoms with van der Waals surface area (Å²) in [6, 6.07) is -0.514. The summed E-state index contributed by atoms with van der Waals surface area (Å²) in [5.41, 5.74) is -0.478. The fraction of sp³-hybridized carbons (Fsp3) is 1.00. The van der Waals surface area contributed by atoms with Crippen molar-refractivity contribution in [1.82, 2.24) is 5.32 Å². The van der Waals surface area contributed by atoms with Crippen LogP contribution in [0.3, 0.4) is 0 Å². The van der Waals surface area contributed by atoms with Crippen LogP contribution in [0.25, 0.3) is 0 Å². The fourth-order valence-electron chi connectivity index (χ4n) is 2.44. The van der Waals surface area contributed by atoms with Crippen LogP contribution < -0.4 is 5.32 Å². The third-order valence-electron chi connectivity index (χ3n) is 3.57. The smallest absolute Gasteiger partial charge is 0.176 e. The average Bonchev–Trinajstić information content (AvgIpc) is 2.43. The average molecular weight is 366 g/mol. The molecule has 0 aliphatic carbocycles. The van der Waals surface area contributed by atoms with Gasteiger partial charge in [0.2, 0.25) is 0 Å². The first-order valence-corrected chi connectivity index (χ1v) is 9.13. The highest BCUT2D eigenvalue weighted by Gasteiger charge is 2.34. The van der Waals surface area contributed by atoms with Crippen LogP contribution in [0.1, 0.15) is 41.0 Å². The van der Waals surface area contributed by atoms with E-state index in [0.29, 0.717) is 24.0 Å². The summed E-state index contributed by atoms with van der Waals surface area (Å²) < 4.78 is 12.4. The zero-order chi connectivity index (χ0) is 19.8. The molecule has 0 aliphatic heterocycles. The molecule has 0 saturated carbocycles. The highest BCUT2D eigenvalue weighted by atomic mass is 16.7. The Hall–Kier alpha value is -0.280. The van der Waals surface area contributed by atoms with Crippen LogP contribution in [0.4, 0.5) is 0 Å². The second-order valence-electron chi connectivity index (χ2n) is 8.76. The molecule has 0 heterocycles. The van der Waals surface area contributed by atoms with Crippen molar-refractivity contribution in [2.24, 2.45) is 0 Å². The van der Waals surface area contributed by atoms with Gasteiger partial charge in [0.15, 0.2) is 6.29 Å². The highest BCUT2D eigenvalue weighted by molar-refractivity contribution is 4.82. The lowest BCUT2D eigenvalue weighted by Crippen LogP contribution is -2.56. The van der Waals surface area contributed by atoms with Crippen molar-refractivity contribution in [3.8, 4) is 0 Å². The molecule has 0 amide bonds. The maximum atomic E-state index is 10.4. The minimum absolute atomic E-state index is 0.136. The minimum atomic E-state index is -0.742. The summed E-state index contributed by atoms with van der Waals surface area (Å²) in [4.78, 5) is 0. The van der Waals surface area contributed by atoms with Crippen LogP contribution in [0.2, 0.25) is 0 Å². The Balaban J connectivity index is 5.12. The summed E-state index contributed by atoms with van der Waals surface area (Å²) in [5, 5.41) is 33.2. The van der Waals surface area contributed by atoms with Gasteiger partial charge in [-0.2, -0.15) is 0 Å². The molecule has 0 radical (unpaired) electrons. The number of likely N-dealkylation sites (N-methyl/N-ethyl adjacent to an activating group) is 1. The van der Waals surface area contributed by atoms with Crippen molar-refractivity contribution >= 4 is 0 Å². The number of aliphatic hydroxyl groups is 3. The van der Waals surface area contributed by atoms with Crippen molar-refractivity contribution in [1.29, 1.82) is 0 Å². The molecule has 0 saturated heterocycles. The Labute approximate surface area is 153 Å². The van der Waals surface area contributed by atoms with Gasteiger partial charge in [-0.25, -0.2) is 0 Å². The first kappa shape index (κ1) is 24.7. The summed E-state index contributed by atoms with van der Waals surface area (Å²) in [6.45, 7) is 10.1. The molecule has 0 aliphatic rings. The molecule has 25 heavy (non-hydrogen) atoms. The molecule has 0 aromatic heterocycles. The van der Waals surface area contributed by atoms with Crippen LogP contribution in [0.5, 0.6) is 0 Å². The summed E-state index contributed by atoms with van der Waals surface area (Å²) in [7, 11) is 6.04. The lowest BCUT2D eigenvalue weighted by molar-refractivity contribution is -0.873. The van der Waals surface area contributed by atoms with Gasteiger partial charge >= 0.3 is 0 Å². The van der Waals surface area contributed by atoms with E-state index in [4.69, 9.17) is 9.47 Å². The zero-order valence-corrected chi connectivity index (χ0v) is 17.3. The first-order valence-electron chi connectivity index (χ1n) is 9.13. The maximum Gasteiger partial charge on any atom is 0.176 e. The predicted octanol–water partition coefficient (Wildman–Crippen LogP) is 0.321. The van der Waals surface area contributed by atoms with Gasteiger partial charge in [0.25, 0.3) is 0 Å². The molecule has 7 nitrogen and oxygen atoms in total. The van der Waals surface area contributed by atoms with Gasteiger partial charge in [-0.3, -0.25) is 0 Å². The number of nitrogens with zero attached hydrogens (tertiary/aromatic N) is 1. The van der Waals surface area contributed by atoms with E-state index >= 15 is 0 Å². The normalized spacial score (nSPS) is 19.3. The Kier molecular flexibility index (Phi) is 10.6. The topological polar surface area (TPSA) is 91.2 Å². The molecular formula is C18H41N2O5+. The second kappa shape index (κ2) is 10.8. The second-order valence-corrected chi connectivity index (χ2v) is 8.76. The molecule has 152 valence electrons. The largest absolute Gasteiger partial charge is 0.394 e. The van der Waals surface area contributed by atoms with Gasteiger partial charge in [-0.05, 0) is 34.1 Å². The van der Waals surface area contributed by atoms with Crippen LogP contribution in [0.15, 0.2) is 0 Å². The molecule has 0 spiro atoms.